The number of ether oxygens (including phenoxy) is 1. The Hall–Kier alpha value is -3.65. The number of esters is 1. The third kappa shape index (κ3) is 5.40. The highest BCUT2D eigenvalue weighted by Crippen LogP contribution is 2.20. The standard InChI is InChI=1S/C25H25N3O4S/c1-16-7-4-5-9-22(16)27-23(29)12-24-26-19(15-33-24)14-32-25(30)21-11-17(2)28(18(21)3)13-20-8-6-10-31-20/h4-11,15H,12-14H2,1-3H3,(H,27,29). The lowest BCUT2D eigenvalue weighted by Gasteiger charge is -2.08. The predicted octanol–water partition coefficient (Wildman–Crippen LogP) is 5.05. The van der Waals surface area contributed by atoms with Crippen LogP contribution in [0.3, 0.4) is 0 Å². The molecule has 0 aliphatic rings. The monoisotopic (exact) mass is 463 g/mol. The minimum Gasteiger partial charge on any atom is -0.467 e. The Balaban J connectivity index is 1.33. The van der Waals surface area contributed by atoms with E-state index in [1.54, 1.807) is 6.26 Å². The van der Waals surface area contributed by atoms with Crippen molar-refractivity contribution < 1.29 is 18.7 Å². The molecule has 8 heteroatoms. The summed E-state index contributed by atoms with van der Waals surface area (Å²) in [5, 5.41) is 5.38. The van der Waals surface area contributed by atoms with Crippen LogP contribution in [0, 0.1) is 20.8 Å². The molecule has 0 aliphatic heterocycles. The van der Waals surface area contributed by atoms with Gasteiger partial charge in [-0.3, -0.25) is 4.79 Å². The number of furan rings is 1. The first-order valence-corrected chi connectivity index (χ1v) is 11.4. The van der Waals surface area contributed by atoms with Crippen LogP contribution in [-0.2, 0) is 29.1 Å². The van der Waals surface area contributed by atoms with Crippen molar-refractivity contribution in [2.75, 3.05) is 5.32 Å². The number of anilines is 1. The van der Waals surface area contributed by atoms with Crippen LogP contribution >= 0.6 is 11.3 Å². The van der Waals surface area contributed by atoms with E-state index < -0.39 is 5.97 Å². The fourth-order valence-corrected chi connectivity index (χ4v) is 4.35. The number of nitrogens with zero attached hydrogens (tertiary/aromatic N) is 2. The van der Waals surface area contributed by atoms with Crippen LogP contribution in [0.15, 0.2) is 58.5 Å². The lowest BCUT2D eigenvalue weighted by atomic mass is 10.2. The molecule has 0 atom stereocenters. The van der Waals surface area contributed by atoms with Crippen LogP contribution in [-0.4, -0.2) is 21.4 Å². The lowest BCUT2D eigenvalue weighted by molar-refractivity contribution is -0.115. The van der Waals surface area contributed by atoms with Gasteiger partial charge in [0.1, 0.15) is 17.4 Å². The van der Waals surface area contributed by atoms with E-state index in [0.29, 0.717) is 22.8 Å². The van der Waals surface area contributed by atoms with Gasteiger partial charge in [-0.15, -0.1) is 11.3 Å². The Labute approximate surface area is 196 Å². The van der Waals surface area contributed by atoms with Crippen LogP contribution in [0.2, 0.25) is 0 Å². The average molecular weight is 464 g/mol. The van der Waals surface area contributed by atoms with Gasteiger partial charge in [0.25, 0.3) is 0 Å². The third-order valence-corrected chi connectivity index (χ3v) is 6.27. The molecule has 33 heavy (non-hydrogen) atoms. The summed E-state index contributed by atoms with van der Waals surface area (Å²) in [7, 11) is 0. The van der Waals surface area contributed by atoms with Crippen LogP contribution < -0.4 is 5.32 Å². The predicted molar refractivity (Wildman–Crippen MR) is 126 cm³/mol. The number of rotatable bonds is 8. The average Bonchev–Trinajstić information content (AvgIpc) is 3.52. The summed E-state index contributed by atoms with van der Waals surface area (Å²) < 4.78 is 12.9. The fraction of sp³-hybridized carbons (Fsp3) is 0.240. The number of benzene rings is 1. The number of amides is 1. The van der Waals surface area contributed by atoms with Crippen molar-refractivity contribution in [1.29, 1.82) is 0 Å². The third-order valence-electron chi connectivity index (χ3n) is 5.37. The van der Waals surface area contributed by atoms with E-state index in [1.807, 2.05) is 73.2 Å². The SMILES string of the molecule is Cc1ccccc1NC(=O)Cc1nc(COC(=O)c2cc(C)n(Cc3ccco3)c2C)cs1. The lowest BCUT2D eigenvalue weighted by Crippen LogP contribution is -2.15. The van der Waals surface area contributed by atoms with Gasteiger partial charge in [-0.2, -0.15) is 0 Å². The molecule has 1 amide bonds. The number of hydrogen-bond donors (Lipinski definition) is 1. The second-order valence-corrected chi connectivity index (χ2v) is 8.74. The maximum absolute atomic E-state index is 12.7. The molecule has 0 saturated carbocycles. The quantitative estimate of drug-likeness (QED) is 0.370. The fourth-order valence-electron chi connectivity index (χ4n) is 3.57. The van der Waals surface area contributed by atoms with Crippen molar-refractivity contribution in [1.82, 2.24) is 9.55 Å². The van der Waals surface area contributed by atoms with Gasteiger partial charge in [0.15, 0.2) is 0 Å². The molecule has 0 bridgehead atoms. The first-order chi connectivity index (χ1) is 15.9. The molecule has 7 nitrogen and oxygen atoms in total. The minimum atomic E-state index is -0.402. The van der Waals surface area contributed by atoms with E-state index in [0.717, 1.165) is 28.4 Å². The molecule has 0 saturated heterocycles. The molecule has 0 radical (unpaired) electrons. The number of para-hydroxylation sites is 1. The van der Waals surface area contributed by atoms with E-state index >= 15 is 0 Å². The highest BCUT2D eigenvalue weighted by atomic mass is 32.1. The van der Waals surface area contributed by atoms with E-state index in [1.165, 1.54) is 11.3 Å². The van der Waals surface area contributed by atoms with Gasteiger partial charge in [0.2, 0.25) is 5.91 Å². The van der Waals surface area contributed by atoms with Crippen LogP contribution in [0.1, 0.15) is 43.8 Å². The Morgan fingerprint density at radius 2 is 1.97 bits per heavy atom. The van der Waals surface area contributed by atoms with E-state index in [-0.39, 0.29) is 18.9 Å². The molecule has 3 aromatic heterocycles. The largest absolute Gasteiger partial charge is 0.467 e. The maximum atomic E-state index is 12.7. The zero-order valence-corrected chi connectivity index (χ0v) is 19.6. The van der Waals surface area contributed by atoms with Gasteiger partial charge in [0.05, 0.1) is 30.5 Å². The van der Waals surface area contributed by atoms with Crippen LogP contribution in [0.5, 0.6) is 0 Å². The summed E-state index contributed by atoms with van der Waals surface area (Å²) in [6.45, 7) is 6.39. The summed E-state index contributed by atoms with van der Waals surface area (Å²) in [4.78, 5) is 29.5. The molecule has 1 N–H and O–H groups in total. The molecular weight excluding hydrogens is 438 g/mol. The Bertz CT molecular complexity index is 1270. The maximum Gasteiger partial charge on any atom is 0.340 e. The highest BCUT2D eigenvalue weighted by Gasteiger charge is 2.18. The van der Waals surface area contributed by atoms with Crippen molar-refractivity contribution in [2.24, 2.45) is 0 Å². The number of carbonyl (C=O) groups is 2. The molecule has 170 valence electrons. The molecule has 3 heterocycles. The minimum absolute atomic E-state index is 0.0522. The van der Waals surface area contributed by atoms with Crippen molar-refractivity contribution in [2.45, 2.75) is 40.3 Å². The van der Waals surface area contributed by atoms with Gasteiger partial charge in [-0.25, -0.2) is 9.78 Å². The number of hydrogen-bond acceptors (Lipinski definition) is 6. The molecule has 0 spiro atoms. The molecule has 0 fully saturated rings. The van der Waals surface area contributed by atoms with Crippen molar-refractivity contribution in [3.63, 3.8) is 0 Å². The van der Waals surface area contributed by atoms with Gasteiger partial charge in [-0.1, -0.05) is 18.2 Å². The number of carbonyl (C=O) groups excluding carboxylic acids is 2. The van der Waals surface area contributed by atoms with Gasteiger partial charge >= 0.3 is 5.97 Å². The Morgan fingerprint density at radius 1 is 1.15 bits per heavy atom. The first kappa shape index (κ1) is 22.5. The summed E-state index contributed by atoms with van der Waals surface area (Å²) in [6, 6.07) is 13.2. The molecule has 0 unspecified atom stereocenters. The summed E-state index contributed by atoms with van der Waals surface area (Å²) in [5.41, 5.74) is 4.70. The molecular formula is C25H25N3O4S. The molecule has 4 aromatic rings. The van der Waals surface area contributed by atoms with Crippen molar-refractivity contribution in [3.05, 3.63) is 93.1 Å². The number of thiazole rings is 1. The summed E-state index contributed by atoms with van der Waals surface area (Å²) in [6.07, 6.45) is 1.80. The second-order valence-electron chi connectivity index (χ2n) is 7.80. The van der Waals surface area contributed by atoms with Crippen molar-refractivity contribution in [3.8, 4) is 0 Å². The number of nitrogens with one attached hydrogen (secondary N) is 1. The van der Waals surface area contributed by atoms with E-state index in [9.17, 15) is 9.59 Å². The van der Waals surface area contributed by atoms with Gasteiger partial charge in [-0.05, 0) is 50.6 Å². The van der Waals surface area contributed by atoms with E-state index in [2.05, 4.69) is 10.3 Å². The second kappa shape index (κ2) is 9.87. The Kier molecular flexibility index (Phi) is 6.74. The zero-order valence-electron chi connectivity index (χ0n) is 18.8. The van der Waals surface area contributed by atoms with Crippen LogP contribution in [0.4, 0.5) is 5.69 Å². The van der Waals surface area contributed by atoms with Crippen molar-refractivity contribution >= 4 is 28.9 Å². The number of aromatic nitrogens is 2. The van der Waals surface area contributed by atoms with E-state index in [4.69, 9.17) is 9.15 Å². The zero-order chi connectivity index (χ0) is 23.4. The molecule has 4 rings (SSSR count). The molecule has 1 aromatic carbocycles. The summed E-state index contributed by atoms with van der Waals surface area (Å²) in [5.74, 6) is 0.282. The molecule has 0 aliphatic carbocycles. The number of aryl methyl sites for hydroxylation is 2. The summed E-state index contributed by atoms with van der Waals surface area (Å²) >= 11 is 1.37. The van der Waals surface area contributed by atoms with Crippen LogP contribution in [0.25, 0.3) is 0 Å². The normalized spacial score (nSPS) is 10.9. The van der Waals surface area contributed by atoms with Gasteiger partial charge in [0, 0.05) is 22.5 Å². The first-order valence-electron chi connectivity index (χ1n) is 10.6. The smallest absolute Gasteiger partial charge is 0.340 e. The van der Waals surface area contributed by atoms with Gasteiger partial charge < -0.3 is 19.0 Å². The topological polar surface area (TPSA) is 86.4 Å². The highest BCUT2D eigenvalue weighted by molar-refractivity contribution is 7.09. The Morgan fingerprint density at radius 3 is 2.73 bits per heavy atom.